The monoisotopic (exact) mass is 719 g/mol. The van der Waals surface area contributed by atoms with Gasteiger partial charge in [-0.2, -0.15) is 0 Å². The van der Waals surface area contributed by atoms with Crippen molar-refractivity contribution in [2.24, 2.45) is 0 Å². The van der Waals surface area contributed by atoms with Gasteiger partial charge in [-0.1, -0.05) is 173 Å². The maximum atomic E-state index is 2.54. The van der Waals surface area contributed by atoms with Crippen molar-refractivity contribution in [3.8, 4) is 44.5 Å². The third-order valence-electron chi connectivity index (χ3n) is 13.4. The van der Waals surface area contributed by atoms with Crippen LogP contribution in [0.5, 0.6) is 0 Å². The third kappa shape index (κ3) is 4.93. The van der Waals surface area contributed by atoms with Crippen LogP contribution in [0.25, 0.3) is 55.3 Å². The highest BCUT2D eigenvalue weighted by Crippen LogP contribution is 2.57. The number of hydrogen-bond acceptors (Lipinski definition) is 1. The van der Waals surface area contributed by atoms with Crippen molar-refractivity contribution in [1.29, 1.82) is 0 Å². The first-order valence-corrected chi connectivity index (χ1v) is 20.5. The zero-order valence-electron chi connectivity index (χ0n) is 32.2. The van der Waals surface area contributed by atoms with Gasteiger partial charge in [0.1, 0.15) is 0 Å². The summed E-state index contributed by atoms with van der Waals surface area (Å²) in [6.45, 7) is 4.76. The Balaban J connectivity index is 1.07. The van der Waals surface area contributed by atoms with E-state index >= 15 is 0 Å². The fraction of sp³-hybridized carbons (Fsp3) is 0.164. The molecule has 8 aromatic rings. The van der Waals surface area contributed by atoms with Gasteiger partial charge in [-0.3, -0.25) is 0 Å². The van der Waals surface area contributed by atoms with Gasteiger partial charge in [0, 0.05) is 27.9 Å². The minimum atomic E-state index is -0.0770. The maximum Gasteiger partial charge on any atom is 0.0467 e. The molecule has 1 saturated carbocycles. The SMILES string of the molecule is CC1(C)c2ccccc2-c2cccc(-c3ccc(N(c4cccc(-c5cccc6ccccc56)c4)c4ccc5c(c4)C4(CCCCC4)c4ccccc4-5)cc3)c21. The maximum absolute atomic E-state index is 2.54. The van der Waals surface area contributed by atoms with Crippen LogP contribution in [0.15, 0.2) is 176 Å². The Bertz CT molecular complexity index is 2810. The lowest BCUT2D eigenvalue weighted by Gasteiger charge is -2.36. The number of hydrogen-bond donors (Lipinski definition) is 0. The highest BCUT2D eigenvalue weighted by atomic mass is 15.1. The summed E-state index contributed by atoms with van der Waals surface area (Å²) in [5.74, 6) is 0. The molecule has 0 aromatic heterocycles. The molecule has 1 spiro atoms. The van der Waals surface area contributed by atoms with Gasteiger partial charge in [-0.05, 0) is 127 Å². The normalized spacial score (nSPS) is 15.6. The van der Waals surface area contributed by atoms with Crippen LogP contribution in [0.1, 0.15) is 68.2 Å². The van der Waals surface area contributed by atoms with E-state index in [-0.39, 0.29) is 10.8 Å². The summed E-state index contributed by atoms with van der Waals surface area (Å²) in [5.41, 5.74) is 20.0. The van der Waals surface area contributed by atoms with Crippen LogP contribution in [-0.2, 0) is 10.8 Å². The molecule has 0 amide bonds. The Hall–Kier alpha value is -6.18. The third-order valence-corrected chi connectivity index (χ3v) is 13.4. The van der Waals surface area contributed by atoms with E-state index in [1.54, 1.807) is 0 Å². The number of nitrogens with zero attached hydrogens (tertiary/aromatic N) is 1. The molecule has 0 radical (unpaired) electrons. The number of benzene rings is 8. The zero-order chi connectivity index (χ0) is 37.4. The van der Waals surface area contributed by atoms with E-state index in [1.165, 1.54) is 115 Å². The quantitative estimate of drug-likeness (QED) is 0.171. The molecule has 0 atom stereocenters. The first-order valence-electron chi connectivity index (χ1n) is 20.5. The standard InChI is InChI=1S/C55H45N/c1-54(2)50-25-8-6-21-47(50)49-24-14-23-45(53(49)54)38-27-29-40(30-28-38)56(41-18-12-17-39(35-41)44-22-13-16-37-15-4-5-19-43(37)44)42-31-32-48-46-20-7-9-26-51(46)55(52(48)36-42)33-10-3-11-34-55/h4-9,12-32,35-36H,3,10-11,33-34H2,1-2H3. The van der Waals surface area contributed by atoms with E-state index in [1.807, 2.05) is 0 Å². The Kier molecular flexibility index (Phi) is 7.52. The van der Waals surface area contributed by atoms with Crippen LogP contribution >= 0.6 is 0 Å². The van der Waals surface area contributed by atoms with Crippen LogP contribution in [0.2, 0.25) is 0 Å². The first kappa shape index (κ1) is 33.2. The van der Waals surface area contributed by atoms with Crippen LogP contribution in [0.4, 0.5) is 17.1 Å². The molecule has 11 rings (SSSR count). The van der Waals surface area contributed by atoms with Gasteiger partial charge in [0.25, 0.3) is 0 Å². The van der Waals surface area contributed by atoms with Gasteiger partial charge in [0.05, 0.1) is 0 Å². The molecule has 0 heterocycles. The fourth-order valence-corrected chi connectivity index (χ4v) is 10.9. The summed E-state index contributed by atoms with van der Waals surface area (Å²) in [6.07, 6.45) is 6.32. The molecule has 56 heavy (non-hydrogen) atoms. The average Bonchev–Trinajstić information content (AvgIpc) is 3.65. The Labute approximate surface area is 330 Å². The molecule has 8 aromatic carbocycles. The van der Waals surface area contributed by atoms with Crippen molar-refractivity contribution in [3.63, 3.8) is 0 Å². The summed E-state index contributed by atoms with van der Waals surface area (Å²) >= 11 is 0. The van der Waals surface area contributed by atoms with E-state index in [0.717, 1.165) is 11.4 Å². The van der Waals surface area contributed by atoms with Crippen molar-refractivity contribution < 1.29 is 0 Å². The Morgan fingerprint density at radius 1 is 0.393 bits per heavy atom. The molecule has 270 valence electrons. The number of rotatable bonds is 5. The second-order valence-electron chi connectivity index (χ2n) is 16.8. The van der Waals surface area contributed by atoms with Crippen LogP contribution in [0, 0.1) is 0 Å². The minimum absolute atomic E-state index is 0.0770. The number of anilines is 3. The zero-order valence-corrected chi connectivity index (χ0v) is 32.2. The van der Waals surface area contributed by atoms with Gasteiger partial charge in [0.15, 0.2) is 0 Å². The van der Waals surface area contributed by atoms with Crippen LogP contribution in [0.3, 0.4) is 0 Å². The fourth-order valence-electron chi connectivity index (χ4n) is 10.9. The molecular weight excluding hydrogens is 675 g/mol. The molecule has 0 N–H and O–H groups in total. The largest absolute Gasteiger partial charge is 0.310 e. The summed E-state index contributed by atoms with van der Waals surface area (Å²) < 4.78 is 0. The molecule has 1 fully saturated rings. The van der Waals surface area contributed by atoms with Gasteiger partial charge in [0.2, 0.25) is 0 Å². The summed E-state index contributed by atoms with van der Waals surface area (Å²) in [7, 11) is 0. The molecule has 0 saturated heterocycles. The van der Waals surface area contributed by atoms with Gasteiger partial charge < -0.3 is 4.90 Å². The topological polar surface area (TPSA) is 3.24 Å². The smallest absolute Gasteiger partial charge is 0.0467 e. The summed E-state index contributed by atoms with van der Waals surface area (Å²) in [5, 5.41) is 2.54. The predicted molar refractivity (Wildman–Crippen MR) is 236 cm³/mol. The average molecular weight is 720 g/mol. The summed E-state index contributed by atoms with van der Waals surface area (Å²) in [6, 6.07) is 66.2. The van der Waals surface area contributed by atoms with Crippen LogP contribution < -0.4 is 4.90 Å². The van der Waals surface area contributed by atoms with Gasteiger partial charge in [-0.25, -0.2) is 0 Å². The molecule has 3 aliphatic rings. The molecular formula is C55H45N. The lowest BCUT2D eigenvalue weighted by molar-refractivity contribution is 0.353. The van der Waals surface area contributed by atoms with Crippen molar-refractivity contribution in [2.45, 2.75) is 56.8 Å². The predicted octanol–water partition coefficient (Wildman–Crippen LogP) is 15.2. The molecule has 1 nitrogen and oxygen atoms in total. The second kappa shape index (κ2) is 12.7. The van der Waals surface area contributed by atoms with E-state index in [0.29, 0.717) is 0 Å². The van der Waals surface area contributed by atoms with E-state index in [4.69, 9.17) is 0 Å². The van der Waals surface area contributed by atoms with E-state index < -0.39 is 0 Å². The lowest BCUT2D eigenvalue weighted by Crippen LogP contribution is -2.28. The van der Waals surface area contributed by atoms with Crippen molar-refractivity contribution in [1.82, 2.24) is 0 Å². The van der Waals surface area contributed by atoms with Gasteiger partial charge in [-0.15, -0.1) is 0 Å². The molecule has 0 bridgehead atoms. The molecule has 0 unspecified atom stereocenters. The first-order chi connectivity index (χ1) is 27.5. The summed E-state index contributed by atoms with van der Waals surface area (Å²) in [4.78, 5) is 2.49. The number of fused-ring (bicyclic) bond motifs is 9. The van der Waals surface area contributed by atoms with Crippen molar-refractivity contribution in [3.05, 3.63) is 198 Å². The highest BCUT2D eigenvalue weighted by Gasteiger charge is 2.44. The van der Waals surface area contributed by atoms with Gasteiger partial charge >= 0.3 is 0 Å². The second-order valence-corrected chi connectivity index (χ2v) is 16.8. The Morgan fingerprint density at radius 3 is 1.82 bits per heavy atom. The lowest BCUT2D eigenvalue weighted by atomic mass is 9.68. The van der Waals surface area contributed by atoms with Crippen LogP contribution in [-0.4, -0.2) is 0 Å². The van der Waals surface area contributed by atoms with Crippen molar-refractivity contribution in [2.75, 3.05) is 4.90 Å². The molecule has 1 heteroatoms. The molecule has 3 aliphatic carbocycles. The van der Waals surface area contributed by atoms with E-state index in [2.05, 4.69) is 195 Å². The Morgan fingerprint density at radius 2 is 0.982 bits per heavy atom. The molecule has 0 aliphatic heterocycles. The van der Waals surface area contributed by atoms with E-state index in [9.17, 15) is 0 Å². The minimum Gasteiger partial charge on any atom is -0.310 e. The highest BCUT2D eigenvalue weighted by molar-refractivity contribution is 5.98. The van der Waals surface area contributed by atoms with Crippen molar-refractivity contribution >= 4 is 27.8 Å².